The van der Waals surface area contributed by atoms with Crippen LogP contribution in [-0.4, -0.2) is 66.7 Å². The van der Waals surface area contributed by atoms with E-state index in [0.29, 0.717) is 19.0 Å². The van der Waals surface area contributed by atoms with Gasteiger partial charge in [0.1, 0.15) is 6.54 Å². The van der Waals surface area contributed by atoms with Gasteiger partial charge >= 0.3 is 12.0 Å². The van der Waals surface area contributed by atoms with Crippen LogP contribution >= 0.6 is 0 Å². The number of aliphatic carboxylic acids is 1. The predicted molar refractivity (Wildman–Crippen MR) is 68.5 cm³/mol. The number of amides is 2. The monoisotopic (exact) mass is 257 g/mol. The van der Waals surface area contributed by atoms with Crippen molar-refractivity contribution in [1.29, 1.82) is 0 Å². The first-order valence-electron chi connectivity index (χ1n) is 6.46. The Labute approximate surface area is 108 Å². The number of hydrogen-bond donors (Lipinski definition) is 2. The van der Waals surface area contributed by atoms with Gasteiger partial charge in [-0.15, -0.1) is 0 Å². The minimum atomic E-state index is -0.962. The van der Waals surface area contributed by atoms with Crippen LogP contribution in [0.15, 0.2) is 0 Å². The van der Waals surface area contributed by atoms with Crippen LogP contribution in [-0.2, 0) is 4.79 Å². The minimum absolute atomic E-state index is 0.216. The van der Waals surface area contributed by atoms with Crippen LogP contribution in [0.1, 0.15) is 19.8 Å². The maximum atomic E-state index is 11.8. The van der Waals surface area contributed by atoms with Gasteiger partial charge in [-0.3, -0.25) is 4.79 Å². The molecule has 0 atom stereocenters. The van der Waals surface area contributed by atoms with Crippen molar-refractivity contribution in [2.24, 2.45) is 5.92 Å². The SMILES string of the molecule is CCN(C)CCNC(=O)N(CC(=O)O)CC1CC1. The zero-order valence-corrected chi connectivity index (χ0v) is 11.2. The number of rotatable bonds is 8. The van der Waals surface area contributed by atoms with Crippen molar-refractivity contribution in [2.45, 2.75) is 19.8 Å². The van der Waals surface area contributed by atoms with Gasteiger partial charge in [0, 0.05) is 19.6 Å². The number of nitrogens with one attached hydrogen (secondary N) is 1. The third-order valence-electron chi connectivity index (χ3n) is 3.10. The van der Waals surface area contributed by atoms with E-state index < -0.39 is 5.97 Å². The summed E-state index contributed by atoms with van der Waals surface area (Å²) in [6, 6.07) is -0.270. The molecular weight excluding hydrogens is 234 g/mol. The molecule has 1 aliphatic carbocycles. The number of hydrogen-bond acceptors (Lipinski definition) is 3. The lowest BCUT2D eigenvalue weighted by Gasteiger charge is -2.22. The van der Waals surface area contributed by atoms with Gasteiger partial charge in [0.15, 0.2) is 0 Å². The van der Waals surface area contributed by atoms with E-state index >= 15 is 0 Å². The third-order valence-corrected chi connectivity index (χ3v) is 3.10. The molecule has 0 radical (unpaired) electrons. The first-order chi connectivity index (χ1) is 8.52. The molecule has 1 rings (SSSR count). The van der Waals surface area contributed by atoms with Gasteiger partial charge in [-0.1, -0.05) is 6.92 Å². The Morgan fingerprint density at radius 3 is 2.56 bits per heavy atom. The van der Waals surface area contributed by atoms with Gasteiger partial charge in [0.2, 0.25) is 0 Å². The molecule has 1 saturated carbocycles. The number of carboxylic acid groups (broad SMARTS) is 1. The number of likely N-dealkylation sites (N-methyl/N-ethyl adjacent to an activating group) is 1. The number of carbonyl (C=O) groups is 2. The molecule has 6 heteroatoms. The molecule has 2 amide bonds. The van der Waals surface area contributed by atoms with Crippen molar-refractivity contribution in [3.05, 3.63) is 0 Å². The van der Waals surface area contributed by atoms with Crippen molar-refractivity contribution in [3.8, 4) is 0 Å². The maximum absolute atomic E-state index is 11.8. The number of carboxylic acids is 1. The van der Waals surface area contributed by atoms with Gasteiger partial charge in [-0.2, -0.15) is 0 Å². The molecule has 0 aromatic heterocycles. The molecule has 2 N–H and O–H groups in total. The van der Waals surface area contributed by atoms with E-state index in [-0.39, 0.29) is 12.6 Å². The Morgan fingerprint density at radius 2 is 2.06 bits per heavy atom. The van der Waals surface area contributed by atoms with Crippen LogP contribution in [0.4, 0.5) is 4.79 Å². The van der Waals surface area contributed by atoms with Gasteiger partial charge in [0.25, 0.3) is 0 Å². The summed E-state index contributed by atoms with van der Waals surface area (Å²) in [6.45, 7) is 4.63. The first-order valence-corrected chi connectivity index (χ1v) is 6.46. The minimum Gasteiger partial charge on any atom is -0.480 e. The van der Waals surface area contributed by atoms with E-state index in [1.165, 1.54) is 4.90 Å². The van der Waals surface area contributed by atoms with Crippen molar-refractivity contribution in [2.75, 3.05) is 39.8 Å². The zero-order valence-electron chi connectivity index (χ0n) is 11.2. The molecule has 18 heavy (non-hydrogen) atoms. The fourth-order valence-corrected chi connectivity index (χ4v) is 1.62. The van der Waals surface area contributed by atoms with Crippen molar-refractivity contribution in [1.82, 2.24) is 15.1 Å². The Balaban J connectivity index is 2.30. The molecule has 6 nitrogen and oxygen atoms in total. The van der Waals surface area contributed by atoms with E-state index in [0.717, 1.165) is 25.9 Å². The van der Waals surface area contributed by atoms with E-state index in [9.17, 15) is 9.59 Å². The molecule has 0 aromatic carbocycles. The molecular formula is C12H23N3O3. The van der Waals surface area contributed by atoms with Crippen LogP contribution in [0, 0.1) is 5.92 Å². The Morgan fingerprint density at radius 1 is 1.39 bits per heavy atom. The van der Waals surface area contributed by atoms with E-state index in [1.807, 2.05) is 14.0 Å². The van der Waals surface area contributed by atoms with Crippen molar-refractivity contribution >= 4 is 12.0 Å². The second kappa shape index (κ2) is 7.20. The summed E-state index contributed by atoms with van der Waals surface area (Å²) in [4.78, 5) is 26.0. The van der Waals surface area contributed by atoms with Gasteiger partial charge in [-0.05, 0) is 32.4 Å². The zero-order chi connectivity index (χ0) is 13.5. The summed E-state index contributed by atoms with van der Waals surface area (Å²) in [5.74, 6) is -0.468. The van der Waals surface area contributed by atoms with Crippen LogP contribution in [0.2, 0.25) is 0 Å². The summed E-state index contributed by atoms with van der Waals surface area (Å²) in [5, 5.41) is 11.6. The van der Waals surface area contributed by atoms with E-state index in [2.05, 4.69) is 10.2 Å². The van der Waals surface area contributed by atoms with Crippen LogP contribution in [0.3, 0.4) is 0 Å². The number of carbonyl (C=O) groups excluding carboxylic acids is 1. The quantitative estimate of drug-likeness (QED) is 0.662. The topological polar surface area (TPSA) is 72.9 Å². The highest BCUT2D eigenvalue weighted by Gasteiger charge is 2.27. The highest BCUT2D eigenvalue weighted by Crippen LogP contribution is 2.29. The highest BCUT2D eigenvalue weighted by molar-refractivity contribution is 5.80. The van der Waals surface area contributed by atoms with E-state index in [4.69, 9.17) is 5.11 Å². The smallest absolute Gasteiger partial charge is 0.323 e. The van der Waals surface area contributed by atoms with Gasteiger partial charge in [-0.25, -0.2) is 4.79 Å². The maximum Gasteiger partial charge on any atom is 0.323 e. The Kier molecular flexibility index (Phi) is 5.91. The lowest BCUT2D eigenvalue weighted by Crippen LogP contribution is -2.45. The summed E-state index contributed by atoms with van der Waals surface area (Å²) >= 11 is 0. The summed E-state index contributed by atoms with van der Waals surface area (Å²) in [5.41, 5.74) is 0. The Hall–Kier alpha value is -1.30. The van der Waals surface area contributed by atoms with E-state index in [1.54, 1.807) is 0 Å². The largest absolute Gasteiger partial charge is 0.480 e. The van der Waals surface area contributed by atoms with Crippen LogP contribution < -0.4 is 5.32 Å². The summed E-state index contributed by atoms with van der Waals surface area (Å²) in [7, 11) is 1.98. The number of urea groups is 1. The fourth-order valence-electron chi connectivity index (χ4n) is 1.62. The molecule has 0 saturated heterocycles. The Bertz CT molecular complexity index is 292. The van der Waals surface area contributed by atoms with Gasteiger partial charge < -0.3 is 20.2 Å². The third kappa shape index (κ3) is 5.86. The second-order valence-corrected chi connectivity index (χ2v) is 4.85. The second-order valence-electron chi connectivity index (χ2n) is 4.85. The lowest BCUT2D eigenvalue weighted by molar-refractivity contribution is -0.137. The molecule has 0 aromatic rings. The predicted octanol–water partition coefficient (Wildman–Crippen LogP) is 0.444. The molecule has 0 aliphatic heterocycles. The highest BCUT2D eigenvalue weighted by atomic mass is 16.4. The standard InChI is InChI=1S/C12H23N3O3/c1-3-14(2)7-6-13-12(18)15(9-11(16)17)8-10-4-5-10/h10H,3-9H2,1-2H3,(H,13,18)(H,16,17). The van der Waals surface area contributed by atoms with Gasteiger partial charge in [0.05, 0.1) is 0 Å². The van der Waals surface area contributed by atoms with Crippen molar-refractivity contribution < 1.29 is 14.7 Å². The lowest BCUT2D eigenvalue weighted by atomic mass is 10.3. The normalized spacial score (nSPS) is 14.6. The molecule has 0 bridgehead atoms. The van der Waals surface area contributed by atoms with Crippen LogP contribution in [0.5, 0.6) is 0 Å². The first kappa shape index (κ1) is 14.8. The number of nitrogens with zero attached hydrogens (tertiary/aromatic N) is 2. The fraction of sp³-hybridized carbons (Fsp3) is 0.833. The summed E-state index contributed by atoms with van der Waals surface area (Å²) < 4.78 is 0. The average Bonchev–Trinajstić information content (AvgIpc) is 3.11. The molecule has 104 valence electrons. The van der Waals surface area contributed by atoms with Crippen LogP contribution in [0.25, 0.3) is 0 Å². The molecule has 0 heterocycles. The molecule has 1 fully saturated rings. The molecule has 0 unspecified atom stereocenters. The summed E-state index contributed by atoms with van der Waals surface area (Å²) in [6.07, 6.45) is 2.20. The van der Waals surface area contributed by atoms with Crippen molar-refractivity contribution in [3.63, 3.8) is 0 Å². The average molecular weight is 257 g/mol. The molecule has 0 spiro atoms. The molecule has 1 aliphatic rings.